The van der Waals surface area contributed by atoms with Gasteiger partial charge in [0.25, 0.3) is 0 Å². The summed E-state index contributed by atoms with van der Waals surface area (Å²) in [6, 6.07) is 2.15. The number of aromatic nitrogens is 2. The molecule has 21 heavy (non-hydrogen) atoms. The van der Waals surface area contributed by atoms with Gasteiger partial charge in [-0.05, 0) is 31.2 Å². The van der Waals surface area contributed by atoms with Crippen LogP contribution in [0.2, 0.25) is 0 Å². The lowest BCUT2D eigenvalue weighted by Crippen LogP contribution is -2.14. The Morgan fingerprint density at radius 1 is 1.43 bits per heavy atom. The molecule has 0 aromatic carbocycles. The molecule has 4 N–H and O–H groups in total. The first-order valence-electron chi connectivity index (χ1n) is 7.39. The summed E-state index contributed by atoms with van der Waals surface area (Å²) < 4.78 is 5.63. The van der Waals surface area contributed by atoms with E-state index >= 15 is 0 Å². The minimum atomic E-state index is 0.438. The second-order valence-corrected chi connectivity index (χ2v) is 6.39. The number of nitrogens with one attached hydrogen (secondary N) is 2. The highest BCUT2D eigenvalue weighted by Crippen LogP contribution is 2.30. The van der Waals surface area contributed by atoms with E-state index in [1.165, 1.54) is 17.7 Å². The maximum absolute atomic E-state index is 5.63. The summed E-state index contributed by atoms with van der Waals surface area (Å²) in [5.41, 5.74) is 2.52. The van der Waals surface area contributed by atoms with Crippen molar-refractivity contribution in [3.63, 3.8) is 0 Å². The van der Waals surface area contributed by atoms with Crippen LogP contribution in [0.25, 0.3) is 10.2 Å². The summed E-state index contributed by atoms with van der Waals surface area (Å²) in [5, 5.41) is 4.38. The topological polar surface area (TPSA) is 85.1 Å². The first-order valence-corrected chi connectivity index (χ1v) is 8.20. The number of rotatable bonds is 8. The molecular formula is C14H21N5OS. The summed E-state index contributed by atoms with van der Waals surface area (Å²) in [5.74, 6) is 7.50. The molecule has 0 saturated heterocycles. The maximum Gasteiger partial charge on any atom is 0.240 e. The van der Waals surface area contributed by atoms with Crippen LogP contribution in [0.3, 0.4) is 0 Å². The van der Waals surface area contributed by atoms with Crippen LogP contribution in [0.5, 0.6) is 0 Å². The lowest BCUT2D eigenvalue weighted by molar-refractivity contribution is 0.134. The van der Waals surface area contributed by atoms with Crippen LogP contribution in [-0.2, 0) is 11.2 Å². The Morgan fingerprint density at radius 2 is 2.29 bits per heavy atom. The number of hydrazine groups is 1. The van der Waals surface area contributed by atoms with E-state index in [0.29, 0.717) is 12.6 Å². The number of thiophene rings is 1. The summed E-state index contributed by atoms with van der Waals surface area (Å²) in [4.78, 5) is 11.1. The number of hydrogen-bond acceptors (Lipinski definition) is 7. The molecule has 1 aliphatic carbocycles. The van der Waals surface area contributed by atoms with E-state index in [9.17, 15) is 0 Å². The van der Waals surface area contributed by atoms with Gasteiger partial charge in [0.15, 0.2) is 0 Å². The number of hydrogen-bond donors (Lipinski definition) is 3. The number of nitrogens with two attached hydrogens (primary N) is 1. The summed E-state index contributed by atoms with van der Waals surface area (Å²) in [6.07, 6.45) is 3.64. The molecule has 1 aliphatic rings. The minimum Gasteiger partial charge on any atom is -0.379 e. The van der Waals surface area contributed by atoms with Crippen LogP contribution in [-0.4, -0.2) is 29.7 Å². The van der Waals surface area contributed by atoms with Gasteiger partial charge in [-0.25, -0.2) is 10.8 Å². The van der Waals surface area contributed by atoms with Gasteiger partial charge >= 0.3 is 0 Å². The molecule has 6 nitrogen and oxygen atoms in total. The number of aryl methyl sites for hydroxylation is 1. The Morgan fingerprint density at radius 3 is 3.00 bits per heavy atom. The highest BCUT2D eigenvalue weighted by Gasteiger charge is 2.20. The summed E-state index contributed by atoms with van der Waals surface area (Å²) >= 11 is 1.68. The Kier molecular flexibility index (Phi) is 4.52. The lowest BCUT2D eigenvalue weighted by Gasteiger charge is -2.08. The first-order chi connectivity index (χ1) is 10.3. The molecule has 3 rings (SSSR count). The van der Waals surface area contributed by atoms with Crippen molar-refractivity contribution < 1.29 is 4.74 Å². The molecule has 7 heteroatoms. The molecule has 1 fully saturated rings. The quantitative estimate of drug-likeness (QED) is 0.394. The van der Waals surface area contributed by atoms with Crippen LogP contribution in [0.4, 0.5) is 11.8 Å². The van der Waals surface area contributed by atoms with E-state index in [-0.39, 0.29) is 0 Å². The fourth-order valence-electron chi connectivity index (χ4n) is 2.12. The molecule has 0 spiro atoms. The zero-order valence-corrected chi connectivity index (χ0v) is 13.0. The third-order valence-corrected chi connectivity index (χ3v) is 4.68. The average molecular weight is 307 g/mol. The lowest BCUT2D eigenvalue weighted by atomic mass is 10.3. The highest BCUT2D eigenvalue weighted by molar-refractivity contribution is 7.18. The van der Waals surface area contributed by atoms with E-state index < -0.39 is 0 Å². The van der Waals surface area contributed by atoms with Crippen molar-refractivity contribution >= 4 is 33.3 Å². The van der Waals surface area contributed by atoms with E-state index in [0.717, 1.165) is 41.5 Å². The molecule has 114 valence electrons. The van der Waals surface area contributed by atoms with Crippen molar-refractivity contribution in [1.29, 1.82) is 0 Å². The Labute approximate surface area is 128 Å². The smallest absolute Gasteiger partial charge is 0.240 e. The van der Waals surface area contributed by atoms with Crippen molar-refractivity contribution in [2.75, 3.05) is 30.5 Å². The van der Waals surface area contributed by atoms with Gasteiger partial charge in [-0.1, -0.05) is 6.92 Å². The van der Waals surface area contributed by atoms with Crippen molar-refractivity contribution in [1.82, 2.24) is 9.97 Å². The van der Waals surface area contributed by atoms with Gasteiger partial charge in [0, 0.05) is 18.0 Å². The standard InChI is InChI=1S/C14H21N5OS/c1-2-10-7-11-12(16-5-6-20-8-9-3-4-9)17-14(19-15)18-13(11)21-10/h7,9H,2-6,8,15H2,1H3,(H2,16,17,18,19). The summed E-state index contributed by atoms with van der Waals surface area (Å²) in [7, 11) is 0. The fraction of sp³-hybridized carbons (Fsp3) is 0.571. The Balaban J connectivity index is 1.67. The number of nitrogen functional groups attached to an aromatic ring is 1. The Hall–Kier alpha value is -1.44. The molecule has 2 heterocycles. The number of fused-ring (bicyclic) bond motifs is 1. The van der Waals surface area contributed by atoms with Crippen LogP contribution < -0.4 is 16.6 Å². The van der Waals surface area contributed by atoms with Gasteiger partial charge in [-0.3, -0.25) is 5.43 Å². The number of anilines is 2. The molecule has 1 saturated carbocycles. The monoisotopic (exact) mass is 307 g/mol. The van der Waals surface area contributed by atoms with Crippen LogP contribution >= 0.6 is 11.3 Å². The van der Waals surface area contributed by atoms with Gasteiger partial charge in [-0.2, -0.15) is 4.98 Å². The molecule has 2 aromatic rings. The molecule has 0 aliphatic heterocycles. The van der Waals surface area contributed by atoms with E-state index in [1.54, 1.807) is 11.3 Å². The second-order valence-electron chi connectivity index (χ2n) is 5.27. The largest absolute Gasteiger partial charge is 0.379 e. The number of nitrogens with zero attached hydrogens (tertiary/aromatic N) is 2. The Bertz CT molecular complexity index is 611. The third-order valence-electron chi connectivity index (χ3n) is 3.51. The molecule has 2 aromatic heterocycles. The van der Waals surface area contributed by atoms with E-state index in [4.69, 9.17) is 10.6 Å². The van der Waals surface area contributed by atoms with Crippen molar-refractivity contribution in [3.05, 3.63) is 10.9 Å². The van der Waals surface area contributed by atoms with Crippen LogP contribution in [0, 0.1) is 5.92 Å². The van der Waals surface area contributed by atoms with Crippen LogP contribution in [0.1, 0.15) is 24.6 Å². The molecule has 0 radical (unpaired) electrons. The van der Waals surface area contributed by atoms with Crippen molar-refractivity contribution in [2.45, 2.75) is 26.2 Å². The predicted octanol–water partition coefficient (Wildman–Crippen LogP) is 2.38. The molecule has 0 atom stereocenters. The van der Waals surface area contributed by atoms with Crippen LogP contribution in [0.15, 0.2) is 6.07 Å². The van der Waals surface area contributed by atoms with Gasteiger partial charge in [0.1, 0.15) is 10.6 Å². The normalized spacial score (nSPS) is 14.6. The molecular weight excluding hydrogens is 286 g/mol. The van der Waals surface area contributed by atoms with E-state index in [2.05, 4.69) is 33.7 Å². The zero-order valence-electron chi connectivity index (χ0n) is 12.2. The van der Waals surface area contributed by atoms with Gasteiger partial charge < -0.3 is 10.1 Å². The minimum absolute atomic E-state index is 0.438. The fourth-order valence-corrected chi connectivity index (χ4v) is 3.09. The van der Waals surface area contributed by atoms with Gasteiger partial charge in [0.2, 0.25) is 5.95 Å². The molecule has 0 bridgehead atoms. The predicted molar refractivity (Wildman–Crippen MR) is 86.6 cm³/mol. The van der Waals surface area contributed by atoms with Crippen molar-refractivity contribution in [2.24, 2.45) is 11.8 Å². The second kappa shape index (κ2) is 6.55. The SMILES string of the molecule is CCc1cc2c(NCCOCC3CC3)nc(NN)nc2s1. The first kappa shape index (κ1) is 14.5. The molecule has 0 unspecified atom stereocenters. The number of ether oxygens (including phenoxy) is 1. The molecule has 0 amide bonds. The third kappa shape index (κ3) is 3.61. The van der Waals surface area contributed by atoms with Crippen molar-refractivity contribution in [3.8, 4) is 0 Å². The van der Waals surface area contributed by atoms with E-state index in [1.807, 2.05) is 0 Å². The van der Waals surface area contributed by atoms with Gasteiger partial charge in [0.05, 0.1) is 12.0 Å². The maximum atomic E-state index is 5.63. The summed E-state index contributed by atoms with van der Waals surface area (Å²) in [6.45, 7) is 4.45. The van der Waals surface area contributed by atoms with Gasteiger partial charge in [-0.15, -0.1) is 11.3 Å². The average Bonchev–Trinajstić information content (AvgIpc) is 3.23. The zero-order chi connectivity index (χ0) is 14.7. The highest BCUT2D eigenvalue weighted by atomic mass is 32.1.